The molecule has 0 radical (unpaired) electrons. The van der Waals surface area contributed by atoms with Crippen molar-refractivity contribution in [3.05, 3.63) is 41.0 Å². The van der Waals surface area contributed by atoms with Crippen molar-refractivity contribution in [3.8, 4) is 10.4 Å². The summed E-state index contributed by atoms with van der Waals surface area (Å²) in [7, 11) is 0. The van der Waals surface area contributed by atoms with Crippen LogP contribution in [0.15, 0.2) is 29.8 Å². The Hall–Kier alpha value is -0.940. The summed E-state index contributed by atoms with van der Waals surface area (Å²) in [6, 6.07) is 8.42. The number of nitrogens with zero attached hydrogens (tertiary/aromatic N) is 1. The van der Waals surface area contributed by atoms with Crippen molar-refractivity contribution in [2.45, 2.75) is 12.5 Å². The van der Waals surface area contributed by atoms with E-state index in [0.717, 1.165) is 11.3 Å². The Balaban J connectivity index is 0.00000120. The molecule has 3 rings (SSSR count). The molecule has 0 atom stereocenters. The van der Waals surface area contributed by atoms with Crippen molar-refractivity contribution in [1.82, 2.24) is 4.98 Å². The van der Waals surface area contributed by atoms with Crippen LogP contribution >= 0.6 is 23.7 Å². The van der Waals surface area contributed by atoms with Gasteiger partial charge in [-0.1, -0.05) is 24.3 Å². The number of benzene rings is 1. The van der Waals surface area contributed by atoms with Gasteiger partial charge >= 0.3 is 0 Å². The van der Waals surface area contributed by atoms with E-state index in [1.54, 1.807) is 11.3 Å². The molecule has 1 aliphatic heterocycles. The lowest BCUT2D eigenvalue weighted by Crippen LogP contribution is -2.54. The third-order valence-corrected chi connectivity index (χ3v) is 4.16. The Labute approximate surface area is 116 Å². The average molecular weight is 283 g/mol. The summed E-state index contributed by atoms with van der Waals surface area (Å²) < 4.78 is 5.18. The number of aromatic nitrogens is 1. The summed E-state index contributed by atoms with van der Waals surface area (Å²) in [5.74, 6) is 0. The smallest absolute Gasteiger partial charge is 0.0883 e. The van der Waals surface area contributed by atoms with Crippen molar-refractivity contribution >= 4 is 23.7 Å². The number of hydrogen-bond donors (Lipinski definition) is 1. The maximum absolute atomic E-state index is 6.19. The van der Waals surface area contributed by atoms with E-state index in [-0.39, 0.29) is 17.9 Å². The zero-order chi connectivity index (χ0) is 11.9. The first kappa shape index (κ1) is 13.5. The van der Waals surface area contributed by atoms with E-state index in [4.69, 9.17) is 10.5 Å². The second-order valence-electron chi connectivity index (χ2n) is 4.49. The molecular formula is C13H15ClN2OS. The van der Waals surface area contributed by atoms with Crippen molar-refractivity contribution in [3.63, 3.8) is 0 Å². The molecule has 0 aliphatic carbocycles. The van der Waals surface area contributed by atoms with Gasteiger partial charge in [-0.05, 0) is 18.1 Å². The SMILES string of the molecule is Cc1ncsc1-c1ccc(C2(N)COC2)cc1.Cl. The van der Waals surface area contributed by atoms with Gasteiger partial charge in [0.2, 0.25) is 0 Å². The third-order valence-electron chi connectivity index (χ3n) is 3.19. The molecule has 96 valence electrons. The lowest BCUT2D eigenvalue weighted by Gasteiger charge is -2.38. The second-order valence-corrected chi connectivity index (χ2v) is 5.35. The molecule has 0 unspecified atom stereocenters. The minimum Gasteiger partial charge on any atom is -0.377 e. The standard InChI is InChI=1S/C13H14N2OS.ClH/c1-9-12(17-8-15-9)10-2-4-11(5-3-10)13(14)6-16-7-13;/h2-5,8H,6-7,14H2,1H3;1H. The number of thiazole rings is 1. The normalized spacial score (nSPS) is 16.8. The monoisotopic (exact) mass is 282 g/mol. The Morgan fingerprint density at radius 3 is 2.39 bits per heavy atom. The zero-order valence-electron chi connectivity index (χ0n) is 10.1. The molecular weight excluding hydrogens is 268 g/mol. The maximum Gasteiger partial charge on any atom is 0.0883 e. The number of hydrogen-bond acceptors (Lipinski definition) is 4. The Morgan fingerprint density at radius 2 is 1.94 bits per heavy atom. The number of ether oxygens (including phenoxy) is 1. The summed E-state index contributed by atoms with van der Waals surface area (Å²) in [6.07, 6.45) is 0. The van der Waals surface area contributed by atoms with E-state index >= 15 is 0 Å². The van der Waals surface area contributed by atoms with Gasteiger partial charge in [-0.2, -0.15) is 0 Å². The van der Waals surface area contributed by atoms with Gasteiger partial charge in [0.05, 0.1) is 34.8 Å². The molecule has 2 heterocycles. The summed E-state index contributed by atoms with van der Waals surface area (Å²) in [6.45, 7) is 3.27. The molecule has 1 fully saturated rings. The molecule has 1 saturated heterocycles. The Morgan fingerprint density at radius 1 is 1.28 bits per heavy atom. The zero-order valence-corrected chi connectivity index (χ0v) is 11.7. The number of rotatable bonds is 2. The molecule has 3 nitrogen and oxygen atoms in total. The van der Waals surface area contributed by atoms with Crippen LogP contribution in [0, 0.1) is 6.92 Å². The fourth-order valence-electron chi connectivity index (χ4n) is 2.02. The fraction of sp³-hybridized carbons (Fsp3) is 0.308. The second kappa shape index (κ2) is 4.97. The molecule has 1 aliphatic rings. The van der Waals surface area contributed by atoms with Crippen LogP contribution < -0.4 is 5.73 Å². The molecule has 18 heavy (non-hydrogen) atoms. The molecule has 0 bridgehead atoms. The van der Waals surface area contributed by atoms with Crippen molar-refractivity contribution < 1.29 is 4.74 Å². The van der Waals surface area contributed by atoms with Crippen molar-refractivity contribution in [2.75, 3.05) is 13.2 Å². The van der Waals surface area contributed by atoms with E-state index in [1.807, 2.05) is 12.4 Å². The molecule has 1 aromatic heterocycles. The van der Waals surface area contributed by atoms with E-state index in [9.17, 15) is 0 Å². The Bertz CT molecular complexity index is 534. The van der Waals surface area contributed by atoms with Crippen LogP contribution in [0.4, 0.5) is 0 Å². The van der Waals surface area contributed by atoms with Gasteiger partial charge in [0.25, 0.3) is 0 Å². The van der Waals surface area contributed by atoms with Gasteiger partial charge in [0.15, 0.2) is 0 Å². The highest BCUT2D eigenvalue weighted by molar-refractivity contribution is 7.13. The van der Waals surface area contributed by atoms with Crippen LogP contribution in [0.1, 0.15) is 11.3 Å². The first-order chi connectivity index (χ1) is 8.19. The summed E-state index contributed by atoms with van der Waals surface area (Å²) in [5.41, 5.74) is 11.2. The van der Waals surface area contributed by atoms with Gasteiger partial charge in [-0.3, -0.25) is 0 Å². The van der Waals surface area contributed by atoms with Crippen molar-refractivity contribution in [2.24, 2.45) is 5.73 Å². The van der Waals surface area contributed by atoms with Gasteiger partial charge in [0, 0.05) is 0 Å². The topological polar surface area (TPSA) is 48.1 Å². The highest BCUT2D eigenvalue weighted by Crippen LogP contribution is 2.31. The average Bonchev–Trinajstić information content (AvgIpc) is 2.73. The van der Waals surface area contributed by atoms with Crippen LogP contribution in [0.3, 0.4) is 0 Å². The first-order valence-electron chi connectivity index (χ1n) is 5.57. The van der Waals surface area contributed by atoms with Gasteiger partial charge in [-0.15, -0.1) is 23.7 Å². The molecule has 2 aromatic rings. The third kappa shape index (κ3) is 2.17. The van der Waals surface area contributed by atoms with Crippen LogP contribution in [0.5, 0.6) is 0 Å². The first-order valence-corrected chi connectivity index (χ1v) is 6.45. The highest BCUT2D eigenvalue weighted by Gasteiger charge is 2.35. The number of aryl methyl sites for hydroxylation is 1. The fourth-order valence-corrected chi connectivity index (χ4v) is 2.83. The maximum atomic E-state index is 6.19. The summed E-state index contributed by atoms with van der Waals surface area (Å²) in [4.78, 5) is 5.49. The molecule has 1 aromatic carbocycles. The van der Waals surface area contributed by atoms with Crippen LogP contribution in [0.2, 0.25) is 0 Å². The molecule has 0 amide bonds. The number of halogens is 1. The molecule has 0 saturated carbocycles. The van der Waals surface area contributed by atoms with E-state index in [2.05, 4.69) is 29.2 Å². The minimum atomic E-state index is -0.277. The van der Waals surface area contributed by atoms with Gasteiger partial charge < -0.3 is 10.5 Å². The van der Waals surface area contributed by atoms with Gasteiger partial charge in [-0.25, -0.2) is 4.98 Å². The van der Waals surface area contributed by atoms with Crippen molar-refractivity contribution in [1.29, 1.82) is 0 Å². The van der Waals surface area contributed by atoms with Crippen LogP contribution in [-0.4, -0.2) is 18.2 Å². The highest BCUT2D eigenvalue weighted by atomic mass is 35.5. The van der Waals surface area contributed by atoms with E-state index in [0.29, 0.717) is 13.2 Å². The quantitative estimate of drug-likeness (QED) is 0.921. The molecule has 5 heteroatoms. The predicted octanol–water partition coefficient (Wildman–Crippen LogP) is 2.72. The minimum absolute atomic E-state index is 0. The lowest BCUT2D eigenvalue weighted by atomic mass is 9.88. The summed E-state index contributed by atoms with van der Waals surface area (Å²) >= 11 is 1.67. The molecule has 2 N–H and O–H groups in total. The summed E-state index contributed by atoms with van der Waals surface area (Å²) in [5, 5.41) is 0. The molecule has 0 spiro atoms. The largest absolute Gasteiger partial charge is 0.377 e. The predicted molar refractivity (Wildman–Crippen MR) is 76.2 cm³/mol. The van der Waals surface area contributed by atoms with Crippen LogP contribution in [-0.2, 0) is 10.3 Å². The lowest BCUT2D eigenvalue weighted by molar-refractivity contribution is -0.0569. The van der Waals surface area contributed by atoms with Gasteiger partial charge in [0.1, 0.15) is 0 Å². The van der Waals surface area contributed by atoms with Crippen LogP contribution in [0.25, 0.3) is 10.4 Å². The van der Waals surface area contributed by atoms with E-state index < -0.39 is 0 Å². The number of nitrogens with two attached hydrogens (primary N) is 1. The Kier molecular flexibility index (Phi) is 3.73. The van der Waals surface area contributed by atoms with E-state index in [1.165, 1.54) is 10.4 Å².